The summed E-state index contributed by atoms with van der Waals surface area (Å²) < 4.78 is 1.20. The molecule has 1 aliphatic rings. The predicted molar refractivity (Wildman–Crippen MR) is 32.6 cm³/mol. The average molecular weight is 166 g/mol. The Morgan fingerprint density at radius 1 is 2.00 bits per heavy atom. The number of hydrogen-bond acceptors (Lipinski definition) is 2. The van der Waals surface area contributed by atoms with Gasteiger partial charge in [0.1, 0.15) is 0 Å². The van der Waals surface area contributed by atoms with E-state index in [1.807, 2.05) is 6.20 Å². The summed E-state index contributed by atoms with van der Waals surface area (Å²) in [6.07, 6.45) is 1.95. The summed E-state index contributed by atoms with van der Waals surface area (Å²) in [5.41, 5.74) is 0. The number of nitrogens with one attached hydrogen (secondary N) is 1. The Labute approximate surface area is 49.3 Å². The predicted octanol–water partition coefficient (Wildman–Crippen LogP) is 1.47. The van der Waals surface area contributed by atoms with Gasteiger partial charge in [0.25, 0.3) is 0 Å². The molecule has 0 aromatic carbocycles. The molecule has 0 fully saturated rings. The van der Waals surface area contributed by atoms with Gasteiger partial charge in [0.15, 0.2) is 0 Å². The molecule has 0 unspecified atom stereocenters. The maximum absolute atomic E-state index is 3.30. The van der Waals surface area contributed by atoms with Crippen molar-refractivity contribution in [2.45, 2.75) is 0 Å². The van der Waals surface area contributed by atoms with Crippen molar-refractivity contribution in [3.63, 3.8) is 0 Å². The Hall–Kier alpha value is 0.370. The van der Waals surface area contributed by atoms with Gasteiger partial charge >= 0.3 is 0 Å². The Morgan fingerprint density at radius 3 is 3.00 bits per heavy atom. The third-order valence-electron chi connectivity index (χ3n) is 0.509. The van der Waals surface area contributed by atoms with Gasteiger partial charge in [-0.05, 0) is 15.9 Å². The first-order valence-corrected chi connectivity index (χ1v) is 3.39. The molecule has 0 aromatic rings. The molecule has 0 saturated heterocycles. The molecule has 3 heteroatoms. The molecule has 0 atom stereocenters. The van der Waals surface area contributed by atoms with Crippen LogP contribution in [0.3, 0.4) is 0 Å². The minimum atomic E-state index is 1.01. The van der Waals surface area contributed by atoms with Crippen molar-refractivity contribution >= 4 is 27.7 Å². The lowest BCUT2D eigenvalue weighted by atomic mass is 11.0. The van der Waals surface area contributed by atoms with Crippen molar-refractivity contribution in [1.82, 2.24) is 5.32 Å². The fourth-order valence-corrected chi connectivity index (χ4v) is 1.25. The number of rotatable bonds is 0. The minimum Gasteiger partial charge on any atom is -0.380 e. The highest BCUT2D eigenvalue weighted by atomic mass is 79.9. The molecular formula is C3H4BrNS. The second-order valence-corrected chi connectivity index (χ2v) is 3.34. The molecule has 0 aliphatic carbocycles. The zero-order valence-corrected chi connectivity index (χ0v) is 5.47. The van der Waals surface area contributed by atoms with Crippen molar-refractivity contribution in [2.24, 2.45) is 0 Å². The maximum atomic E-state index is 3.30. The van der Waals surface area contributed by atoms with Crippen molar-refractivity contribution in [2.75, 3.05) is 5.88 Å². The van der Waals surface area contributed by atoms with E-state index in [-0.39, 0.29) is 0 Å². The van der Waals surface area contributed by atoms with Crippen molar-refractivity contribution in [3.05, 3.63) is 10.0 Å². The lowest BCUT2D eigenvalue weighted by Gasteiger charge is -1.78. The van der Waals surface area contributed by atoms with E-state index in [4.69, 9.17) is 0 Å². The van der Waals surface area contributed by atoms with Crippen LogP contribution in [0.4, 0.5) is 0 Å². The molecule has 1 rings (SSSR count). The summed E-state index contributed by atoms with van der Waals surface area (Å²) in [7, 11) is 0. The van der Waals surface area contributed by atoms with Gasteiger partial charge in [0, 0.05) is 6.20 Å². The zero-order valence-electron chi connectivity index (χ0n) is 3.07. The molecule has 1 N–H and O–H groups in total. The third-order valence-corrected chi connectivity index (χ3v) is 2.13. The van der Waals surface area contributed by atoms with Gasteiger partial charge in [-0.3, -0.25) is 0 Å². The van der Waals surface area contributed by atoms with Crippen molar-refractivity contribution in [3.8, 4) is 0 Å². The Bertz CT molecular complexity index is 80.9. The van der Waals surface area contributed by atoms with Crippen LogP contribution in [0.1, 0.15) is 0 Å². The fraction of sp³-hybridized carbons (Fsp3) is 0.333. The SMILES string of the molecule is BrC1=CNCS1. The molecule has 34 valence electrons. The highest BCUT2D eigenvalue weighted by Gasteiger charge is 1.95. The first-order valence-electron chi connectivity index (χ1n) is 1.61. The van der Waals surface area contributed by atoms with Crippen LogP contribution < -0.4 is 5.32 Å². The van der Waals surface area contributed by atoms with Gasteiger partial charge in [-0.15, -0.1) is 0 Å². The minimum absolute atomic E-state index is 1.01. The van der Waals surface area contributed by atoms with Gasteiger partial charge in [0.05, 0.1) is 9.69 Å². The molecule has 0 bridgehead atoms. The van der Waals surface area contributed by atoms with Gasteiger partial charge in [-0.1, -0.05) is 11.8 Å². The topological polar surface area (TPSA) is 12.0 Å². The normalized spacial score (nSPS) is 19.8. The Morgan fingerprint density at radius 2 is 2.83 bits per heavy atom. The van der Waals surface area contributed by atoms with Crippen molar-refractivity contribution in [1.29, 1.82) is 0 Å². The van der Waals surface area contributed by atoms with E-state index in [0.717, 1.165) is 5.88 Å². The highest BCUT2D eigenvalue weighted by Crippen LogP contribution is 2.23. The number of halogens is 1. The van der Waals surface area contributed by atoms with E-state index in [0.29, 0.717) is 0 Å². The highest BCUT2D eigenvalue weighted by molar-refractivity contribution is 9.14. The van der Waals surface area contributed by atoms with Crippen LogP contribution in [0.5, 0.6) is 0 Å². The summed E-state index contributed by atoms with van der Waals surface area (Å²) in [6, 6.07) is 0. The summed E-state index contributed by atoms with van der Waals surface area (Å²) in [5, 5.41) is 3.03. The van der Waals surface area contributed by atoms with Crippen LogP contribution in [0, 0.1) is 0 Å². The van der Waals surface area contributed by atoms with E-state index in [1.165, 1.54) is 3.81 Å². The summed E-state index contributed by atoms with van der Waals surface area (Å²) >= 11 is 5.06. The fourth-order valence-electron chi connectivity index (χ4n) is 0.274. The van der Waals surface area contributed by atoms with Gasteiger partial charge in [0.2, 0.25) is 0 Å². The average Bonchev–Trinajstić information content (AvgIpc) is 1.86. The standard InChI is InChI=1S/C3H4BrNS/c4-3-1-5-2-6-3/h1,5H,2H2. The van der Waals surface area contributed by atoms with Gasteiger partial charge in [-0.2, -0.15) is 0 Å². The van der Waals surface area contributed by atoms with Crippen LogP contribution >= 0.6 is 27.7 Å². The molecule has 0 saturated carbocycles. The zero-order chi connectivity index (χ0) is 4.41. The molecular weight excluding hydrogens is 162 g/mol. The quantitative estimate of drug-likeness (QED) is 0.584. The molecule has 0 spiro atoms. The molecule has 1 nitrogen and oxygen atoms in total. The Balaban J connectivity index is 2.45. The third kappa shape index (κ3) is 0.914. The lowest BCUT2D eigenvalue weighted by Crippen LogP contribution is -1.93. The lowest BCUT2D eigenvalue weighted by molar-refractivity contribution is 1.08. The molecule has 6 heavy (non-hydrogen) atoms. The summed E-state index contributed by atoms with van der Waals surface area (Å²) in [5.74, 6) is 1.01. The molecule has 0 amide bonds. The first-order chi connectivity index (χ1) is 2.89. The monoisotopic (exact) mass is 165 g/mol. The number of hydrogen-bond donors (Lipinski definition) is 1. The molecule has 1 aliphatic heterocycles. The van der Waals surface area contributed by atoms with Crippen LogP contribution in [0.2, 0.25) is 0 Å². The van der Waals surface area contributed by atoms with Crippen LogP contribution in [-0.4, -0.2) is 5.88 Å². The van der Waals surface area contributed by atoms with Crippen LogP contribution in [0.15, 0.2) is 10.0 Å². The largest absolute Gasteiger partial charge is 0.380 e. The van der Waals surface area contributed by atoms with E-state index in [9.17, 15) is 0 Å². The van der Waals surface area contributed by atoms with E-state index >= 15 is 0 Å². The Kier molecular flexibility index (Phi) is 1.42. The maximum Gasteiger partial charge on any atom is 0.0677 e. The first kappa shape index (κ1) is 4.53. The summed E-state index contributed by atoms with van der Waals surface area (Å²) in [4.78, 5) is 0. The summed E-state index contributed by atoms with van der Waals surface area (Å²) in [6.45, 7) is 0. The smallest absolute Gasteiger partial charge is 0.0677 e. The van der Waals surface area contributed by atoms with E-state index in [1.54, 1.807) is 11.8 Å². The van der Waals surface area contributed by atoms with Gasteiger partial charge in [-0.25, -0.2) is 0 Å². The molecule has 1 heterocycles. The second kappa shape index (κ2) is 1.89. The van der Waals surface area contributed by atoms with Gasteiger partial charge < -0.3 is 5.32 Å². The number of thioether (sulfide) groups is 1. The van der Waals surface area contributed by atoms with E-state index in [2.05, 4.69) is 21.2 Å². The van der Waals surface area contributed by atoms with Crippen LogP contribution in [-0.2, 0) is 0 Å². The van der Waals surface area contributed by atoms with E-state index < -0.39 is 0 Å². The molecule has 0 radical (unpaired) electrons. The second-order valence-electron chi connectivity index (χ2n) is 0.941. The van der Waals surface area contributed by atoms with Crippen LogP contribution in [0.25, 0.3) is 0 Å². The van der Waals surface area contributed by atoms with Crippen molar-refractivity contribution < 1.29 is 0 Å². The molecule has 0 aromatic heterocycles.